The predicted molar refractivity (Wildman–Crippen MR) is 257 cm³/mol. The van der Waals surface area contributed by atoms with E-state index in [-0.39, 0.29) is 22.5 Å². The number of rotatable bonds is 7. The Labute approximate surface area is 360 Å². The second kappa shape index (κ2) is 15.4. The second-order valence-corrected chi connectivity index (χ2v) is 18.7. The third-order valence-electron chi connectivity index (χ3n) is 12.0. The van der Waals surface area contributed by atoms with Crippen molar-refractivity contribution in [1.29, 1.82) is 0 Å². The average molecular weight is 796 g/mol. The Morgan fingerprint density at radius 1 is 0.508 bits per heavy atom. The Morgan fingerprint density at radius 3 is 1.75 bits per heavy atom. The molecule has 302 valence electrons. The van der Waals surface area contributed by atoms with Crippen molar-refractivity contribution in [2.24, 2.45) is 0 Å². The minimum Gasteiger partial charge on any atom is -0.507 e. The number of pyridine rings is 1. The van der Waals surface area contributed by atoms with Crippen molar-refractivity contribution in [3.05, 3.63) is 180 Å². The number of benzene rings is 7. The molecule has 9 aromatic rings. The number of hydrogen-bond donors (Lipinski definition) is 1. The van der Waals surface area contributed by atoms with E-state index < -0.39 is 0 Å². The van der Waals surface area contributed by atoms with Crippen molar-refractivity contribution >= 4 is 21.9 Å². The Bertz CT molecular complexity index is 3010. The maximum Gasteiger partial charge on any atom is 0.149 e. The van der Waals surface area contributed by atoms with Gasteiger partial charge in [0.05, 0.1) is 33.5 Å². The molecule has 0 aliphatic rings. The third kappa shape index (κ3) is 7.42. The van der Waals surface area contributed by atoms with Crippen molar-refractivity contribution in [2.75, 3.05) is 0 Å². The number of para-hydroxylation sites is 3. The molecule has 7 aromatic carbocycles. The monoisotopic (exact) mass is 795 g/mol. The number of aromatic nitrogens is 3. The fraction of sp³-hybridized carbons (Fsp3) is 0.193. The summed E-state index contributed by atoms with van der Waals surface area (Å²) in [4.78, 5) is 10.9. The van der Waals surface area contributed by atoms with Crippen LogP contribution >= 0.6 is 0 Å². The van der Waals surface area contributed by atoms with Crippen LogP contribution in [-0.4, -0.2) is 19.6 Å². The highest BCUT2D eigenvalue weighted by molar-refractivity contribution is 5.99. The number of aromatic hydroxyl groups is 1. The lowest BCUT2D eigenvalue weighted by Crippen LogP contribution is -2.17. The summed E-state index contributed by atoms with van der Waals surface area (Å²) in [6.45, 7) is 17.7. The van der Waals surface area contributed by atoms with Gasteiger partial charge in [0.25, 0.3) is 0 Å². The SMILES string of the molecule is CC(C)c1cc(-c2ccc3ccccc3n2)cc(-c2cccc3c2nc(-c2cc(C(C)(C)C)cc(C(C)(C)C)c2O)n3-c2c(-c3ccccc3)cccc2-c2ccccc2)c1. The van der Waals surface area contributed by atoms with E-state index in [1.807, 2.05) is 6.07 Å². The van der Waals surface area contributed by atoms with Crippen molar-refractivity contribution in [3.63, 3.8) is 0 Å². The highest BCUT2D eigenvalue weighted by Gasteiger charge is 2.30. The maximum atomic E-state index is 12.6. The quantitative estimate of drug-likeness (QED) is 0.175. The first kappa shape index (κ1) is 39.7. The van der Waals surface area contributed by atoms with E-state index in [0.29, 0.717) is 11.4 Å². The van der Waals surface area contributed by atoms with Gasteiger partial charge in [-0.3, -0.25) is 4.57 Å². The van der Waals surface area contributed by atoms with Gasteiger partial charge in [-0.15, -0.1) is 0 Å². The van der Waals surface area contributed by atoms with E-state index >= 15 is 0 Å². The molecule has 2 heterocycles. The van der Waals surface area contributed by atoms with Crippen molar-refractivity contribution in [1.82, 2.24) is 14.5 Å². The smallest absolute Gasteiger partial charge is 0.149 e. The molecule has 4 nitrogen and oxygen atoms in total. The Hall–Kier alpha value is -6.78. The number of phenolic OH excluding ortho intramolecular Hbond substituents is 1. The minimum absolute atomic E-state index is 0.188. The number of fused-ring (bicyclic) bond motifs is 2. The molecular formula is C57H53N3O. The standard InChI is InChI=1S/C57H53N3O/c1-36(2)40-31-41(33-42(32-40)50-30-29-39-23-15-16-27-49(39)58-50)44-24-18-28-51-52(44)59-55(47-34-43(56(3,4)5)35-48(54(47)61)57(6,7)8)60(51)53-45(37-19-11-9-12-20-37)25-17-26-46(53)38-21-13-10-14-22-38/h9-36,61H,1-8H3. The van der Waals surface area contributed by atoms with Gasteiger partial charge in [-0.25, -0.2) is 9.97 Å². The van der Waals surface area contributed by atoms with Crippen LogP contribution in [0.5, 0.6) is 5.75 Å². The lowest BCUT2D eigenvalue weighted by Gasteiger charge is -2.28. The summed E-state index contributed by atoms with van der Waals surface area (Å²) in [6, 6.07) is 58.0. The summed E-state index contributed by atoms with van der Waals surface area (Å²) in [5.41, 5.74) is 15.7. The molecule has 0 radical (unpaired) electrons. The van der Waals surface area contributed by atoms with E-state index in [0.717, 1.165) is 83.4 Å². The highest BCUT2D eigenvalue weighted by atomic mass is 16.3. The first-order chi connectivity index (χ1) is 29.3. The molecular weight excluding hydrogens is 743 g/mol. The topological polar surface area (TPSA) is 50.9 Å². The molecule has 0 saturated heterocycles. The van der Waals surface area contributed by atoms with Gasteiger partial charge in [0, 0.05) is 33.2 Å². The Kier molecular flexibility index (Phi) is 9.99. The molecule has 0 aliphatic heterocycles. The third-order valence-corrected chi connectivity index (χ3v) is 12.0. The van der Waals surface area contributed by atoms with Gasteiger partial charge >= 0.3 is 0 Å². The number of hydrogen-bond acceptors (Lipinski definition) is 3. The zero-order valence-corrected chi connectivity index (χ0v) is 36.5. The van der Waals surface area contributed by atoms with Crippen LogP contribution in [0.15, 0.2) is 164 Å². The molecule has 4 heteroatoms. The van der Waals surface area contributed by atoms with E-state index in [2.05, 4.69) is 218 Å². The fourth-order valence-electron chi connectivity index (χ4n) is 8.55. The van der Waals surface area contributed by atoms with Gasteiger partial charge in [0.1, 0.15) is 11.6 Å². The summed E-state index contributed by atoms with van der Waals surface area (Å²) >= 11 is 0. The molecule has 9 rings (SSSR count). The molecule has 0 aliphatic carbocycles. The summed E-state index contributed by atoms with van der Waals surface area (Å²) in [5.74, 6) is 1.22. The summed E-state index contributed by atoms with van der Waals surface area (Å²) in [7, 11) is 0. The van der Waals surface area contributed by atoms with Crippen LogP contribution in [0.3, 0.4) is 0 Å². The molecule has 0 unspecified atom stereocenters. The van der Waals surface area contributed by atoms with Crippen molar-refractivity contribution in [3.8, 4) is 67.5 Å². The van der Waals surface area contributed by atoms with Gasteiger partial charge in [-0.2, -0.15) is 0 Å². The number of nitrogens with zero attached hydrogens (tertiary/aromatic N) is 3. The molecule has 2 aromatic heterocycles. The molecule has 0 bridgehead atoms. The number of imidazole rings is 1. The fourth-order valence-corrected chi connectivity index (χ4v) is 8.55. The van der Waals surface area contributed by atoms with E-state index in [1.165, 1.54) is 5.56 Å². The molecule has 0 amide bonds. The van der Waals surface area contributed by atoms with Crippen LogP contribution in [0.1, 0.15) is 78.0 Å². The Morgan fingerprint density at radius 2 is 1.11 bits per heavy atom. The van der Waals surface area contributed by atoms with Crippen LogP contribution in [0.4, 0.5) is 0 Å². The predicted octanol–water partition coefficient (Wildman–Crippen LogP) is 15.3. The Balaban J connectivity index is 1.41. The first-order valence-corrected chi connectivity index (χ1v) is 21.4. The van der Waals surface area contributed by atoms with E-state index in [4.69, 9.17) is 9.97 Å². The maximum absolute atomic E-state index is 12.6. The second-order valence-electron chi connectivity index (χ2n) is 18.7. The first-order valence-electron chi connectivity index (χ1n) is 21.4. The lowest BCUT2D eigenvalue weighted by molar-refractivity contribution is 0.446. The zero-order chi connectivity index (χ0) is 42.6. The minimum atomic E-state index is -0.330. The summed E-state index contributed by atoms with van der Waals surface area (Å²) in [6.07, 6.45) is 0. The largest absolute Gasteiger partial charge is 0.507 e. The lowest BCUT2D eigenvalue weighted by atomic mass is 9.79. The molecule has 61 heavy (non-hydrogen) atoms. The summed E-state index contributed by atoms with van der Waals surface area (Å²) in [5, 5.41) is 13.7. The molecule has 0 atom stereocenters. The van der Waals surface area contributed by atoms with E-state index in [9.17, 15) is 5.11 Å². The highest BCUT2D eigenvalue weighted by Crippen LogP contribution is 2.47. The normalized spacial score (nSPS) is 12.1. The molecule has 1 N–H and O–H groups in total. The van der Waals surface area contributed by atoms with Crippen LogP contribution in [0, 0.1) is 0 Å². The van der Waals surface area contributed by atoms with Gasteiger partial charge in [-0.05, 0) is 81.0 Å². The van der Waals surface area contributed by atoms with Gasteiger partial charge in [0.2, 0.25) is 0 Å². The molecule has 0 fully saturated rings. The van der Waals surface area contributed by atoms with Gasteiger partial charge in [-0.1, -0.05) is 183 Å². The van der Waals surface area contributed by atoms with Crippen LogP contribution in [0.25, 0.3) is 83.6 Å². The van der Waals surface area contributed by atoms with Crippen molar-refractivity contribution in [2.45, 2.75) is 72.1 Å². The average Bonchev–Trinajstić information content (AvgIpc) is 3.65. The molecule has 0 spiro atoms. The van der Waals surface area contributed by atoms with E-state index in [1.54, 1.807) is 0 Å². The summed E-state index contributed by atoms with van der Waals surface area (Å²) < 4.78 is 2.32. The van der Waals surface area contributed by atoms with Crippen molar-refractivity contribution < 1.29 is 5.11 Å². The van der Waals surface area contributed by atoms with Crippen LogP contribution < -0.4 is 0 Å². The molecule has 0 saturated carbocycles. The number of phenols is 1. The van der Waals surface area contributed by atoms with Gasteiger partial charge in [0.15, 0.2) is 0 Å². The van der Waals surface area contributed by atoms with Crippen LogP contribution in [0.2, 0.25) is 0 Å². The zero-order valence-electron chi connectivity index (χ0n) is 36.5. The van der Waals surface area contributed by atoms with Gasteiger partial charge < -0.3 is 5.11 Å². The van der Waals surface area contributed by atoms with Crippen LogP contribution in [-0.2, 0) is 10.8 Å².